The second-order valence-electron chi connectivity index (χ2n) is 5.38. The number of anilines is 2. The Morgan fingerprint density at radius 2 is 1.72 bits per heavy atom. The Morgan fingerprint density at radius 1 is 1.08 bits per heavy atom. The van der Waals surface area contributed by atoms with Gasteiger partial charge in [-0.2, -0.15) is 0 Å². The number of hydrogen-bond acceptors (Lipinski definition) is 3. The lowest BCUT2D eigenvalue weighted by molar-refractivity contribution is -0.124. The van der Waals surface area contributed by atoms with Crippen molar-refractivity contribution in [2.24, 2.45) is 0 Å². The van der Waals surface area contributed by atoms with Gasteiger partial charge in [0.2, 0.25) is 0 Å². The Labute approximate surface area is 145 Å². The fraction of sp³-hybridized carbons (Fsp3) is 0.222. The average molecular weight is 345 g/mol. The molecule has 0 saturated carbocycles. The molecular formula is C18H20FN3O3. The van der Waals surface area contributed by atoms with Gasteiger partial charge in [0.05, 0.1) is 0 Å². The van der Waals surface area contributed by atoms with Crippen LogP contribution in [0.4, 0.5) is 20.6 Å². The highest BCUT2D eigenvalue weighted by Crippen LogP contribution is 2.15. The van der Waals surface area contributed by atoms with Crippen LogP contribution in [0.1, 0.15) is 12.5 Å². The SMILES string of the molecule is COC(C)C(=O)Nc1cccc(NC(=O)NCc2ccc(F)cc2)c1. The number of carbonyl (C=O) groups is 2. The summed E-state index contributed by atoms with van der Waals surface area (Å²) in [6.07, 6.45) is -0.573. The number of carbonyl (C=O) groups excluding carboxylic acids is 2. The molecule has 3 amide bonds. The maximum Gasteiger partial charge on any atom is 0.319 e. The van der Waals surface area contributed by atoms with Crippen molar-refractivity contribution in [2.45, 2.75) is 19.6 Å². The predicted octanol–water partition coefficient (Wildman–Crippen LogP) is 3.12. The zero-order valence-corrected chi connectivity index (χ0v) is 14.0. The number of rotatable bonds is 6. The van der Waals surface area contributed by atoms with E-state index in [1.165, 1.54) is 19.2 Å². The van der Waals surface area contributed by atoms with Gasteiger partial charge in [-0.25, -0.2) is 9.18 Å². The minimum Gasteiger partial charge on any atom is -0.372 e. The van der Waals surface area contributed by atoms with Crippen molar-refractivity contribution in [1.82, 2.24) is 5.32 Å². The molecule has 6 nitrogen and oxygen atoms in total. The van der Waals surface area contributed by atoms with Crippen LogP contribution in [0.25, 0.3) is 0 Å². The third-order valence-corrected chi connectivity index (χ3v) is 3.48. The van der Waals surface area contributed by atoms with E-state index in [-0.39, 0.29) is 18.3 Å². The van der Waals surface area contributed by atoms with Gasteiger partial charge in [-0.15, -0.1) is 0 Å². The van der Waals surface area contributed by atoms with E-state index in [0.717, 1.165) is 5.56 Å². The van der Waals surface area contributed by atoms with Crippen molar-refractivity contribution in [3.05, 3.63) is 59.9 Å². The molecule has 0 bridgehead atoms. The summed E-state index contributed by atoms with van der Waals surface area (Å²) in [5.74, 6) is -0.602. The van der Waals surface area contributed by atoms with E-state index in [2.05, 4.69) is 16.0 Å². The van der Waals surface area contributed by atoms with Crippen LogP contribution in [0.3, 0.4) is 0 Å². The molecule has 1 atom stereocenters. The van der Waals surface area contributed by atoms with E-state index < -0.39 is 12.1 Å². The zero-order chi connectivity index (χ0) is 18.2. The molecule has 0 aromatic heterocycles. The number of amides is 3. The van der Waals surface area contributed by atoms with Gasteiger partial charge in [0, 0.05) is 25.0 Å². The Balaban J connectivity index is 1.89. The van der Waals surface area contributed by atoms with E-state index in [9.17, 15) is 14.0 Å². The molecule has 0 fully saturated rings. The van der Waals surface area contributed by atoms with E-state index in [1.54, 1.807) is 43.3 Å². The van der Waals surface area contributed by atoms with Crippen LogP contribution in [0.2, 0.25) is 0 Å². The van der Waals surface area contributed by atoms with Gasteiger partial charge in [0.15, 0.2) is 0 Å². The molecule has 0 spiro atoms. The first-order valence-electron chi connectivity index (χ1n) is 7.71. The first kappa shape index (κ1) is 18.4. The third kappa shape index (κ3) is 5.89. The molecule has 2 aromatic rings. The molecule has 0 aliphatic carbocycles. The third-order valence-electron chi connectivity index (χ3n) is 3.48. The smallest absolute Gasteiger partial charge is 0.319 e. The van der Waals surface area contributed by atoms with Crippen molar-refractivity contribution < 1.29 is 18.7 Å². The van der Waals surface area contributed by atoms with Crippen molar-refractivity contribution in [3.8, 4) is 0 Å². The van der Waals surface area contributed by atoms with Crippen LogP contribution in [0.15, 0.2) is 48.5 Å². The maximum atomic E-state index is 12.8. The van der Waals surface area contributed by atoms with Crippen LogP contribution >= 0.6 is 0 Å². The number of benzene rings is 2. The number of halogens is 1. The fourth-order valence-electron chi connectivity index (χ4n) is 1.99. The van der Waals surface area contributed by atoms with Gasteiger partial charge in [0.25, 0.3) is 5.91 Å². The first-order chi connectivity index (χ1) is 12.0. The lowest BCUT2D eigenvalue weighted by Gasteiger charge is -2.12. The van der Waals surface area contributed by atoms with E-state index in [4.69, 9.17) is 4.74 Å². The summed E-state index contributed by atoms with van der Waals surface area (Å²) in [7, 11) is 1.45. The Hall–Kier alpha value is -2.93. The number of methoxy groups -OCH3 is 1. The summed E-state index contributed by atoms with van der Waals surface area (Å²) >= 11 is 0. The van der Waals surface area contributed by atoms with Crippen LogP contribution < -0.4 is 16.0 Å². The van der Waals surface area contributed by atoms with E-state index in [1.807, 2.05) is 0 Å². The Morgan fingerprint density at radius 3 is 2.36 bits per heavy atom. The van der Waals surface area contributed by atoms with Crippen molar-refractivity contribution in [2.75, 3.05) is 17.7 Å². The topological polar surface area (TPSA) is 79.5 Å². The van der Waals surface area contributed by atoms with Crippen LogP contribution in [-0.2, 0) is 16.1 Å². The number of hydrogen-bond donors (Lipinski definition) is 3. The largest absolute Gasteiger partial charge is 0.372 e. The molecule has 0 radical (unpaired) electrons. The van der Waals surface area contributed by atoms with Crippen molar-refractivity contribution >= 4 is 23.3 Å². The van der Waals surface area contributed by atoms with Crippen LogP contribution in [0.5, 0.6) is 0 Å². The Bertz CT molecular complexity index is 735. The average Bonchev–Trinajstić information content (AvgIpc) is 2.60. The zero-order valence-electron chi connectivity index (χ0n) is 14.0. The maximum absolute atomic E-state index is 12.8. The van der Waals surface area contributed by atoms with Gasteiger partial charge < -0.3 is 20.7 Å². The molecular weight excluding hydrogens is 325 g/mol. The second-order valence-corrected chi connectivity index (χ2v) is 5.38. The summed E-state index contributed by atoms with van der Waals surface area (Å²) in [5.41, 5.74) is 1.86. The molecule has 0 aliphatic rings. The van der Waals surface area contributed by atoms with E-state index in [0.29, 0.717) is 11.4 Å². The van der Waals surface area contributed by atoms with Crippen LogP contribution in [0, 0.1) is 5.82 Å². The minimum atomic E-state index is -0.573. The lowest BCUT2D eigenvalue weighted by atomic mass is 10.2. The normalized spacial score (nSPS) is 11.5. The van der Waals surface area contributed by atoms with Gasteiger partial charge >= 0.3 is 6.03 Å². The van der Waals surface area contributed by atoms with Crippen molar-refractivity contribution in [3.63, 3.8) is 0 Å². The summed E-state index contributed by atoms with van der Waals surface area (Å²) in [4.78, 5) is 23.7. The molecule has 25 heavy (non-hydrogen) atoms. The number of ether oxygens (including phenoxy) is 1. The molecule has 7 heteroatoms. The van der Waals surface area contributed by atoms with Gasteiger partial charge in [-0.05, 0) is 42.8 Å². The standard InChI is InChI=1S/C18H20FN3O3/c1-12(25-2)17(23)21-15-4-3-5-16(10-15)22-18(24)20-11-13-6-8-14(19)9-7-13/h3-10,12H,11H2,1-2H3,(H,21,23)(H2,20,22,24). The highest BCUT2D eigenvalue weighted by molar-refractivity contribution is 5.95. The lowest BCUT2D eigenvalue weighted by Crippen LogP contribution is -2.28. The summed E-state index contributed by atoms with van der Waals surface area (Å²) in [6.45, 7) is 1.91. The quantitative estimate of drug-likeness (QED) is 0.752. The van der Waals surface area contributed by atoms with Gasteiger partial charge in [0.1, 0.15) is 11.9 Å². The number of nitrogens with one attached hydrogen (secondary N) is 3. The molecule has 0 heterocycles. The summed E-state index contributed by atoms with van der Waals surface area (Å²) in [5, 5.41) is 8.05. The monoisotopic (exact) mass is 345 g/mol. The first-order valence-corrected chi connectivity index (χ1v) is 7.71. The molecule has 0 saturated heterocycles. The second kappa shape index (κ2) is 8.79. The van der Waals surface area contributed by atoms with Gasteiger partial charge in [-0.3, -0.25) is 4.79 Å². The molecule has 3 N–H and O–H groups in total. The minimum absolute atomic E-state index is 0.272. The summed E-state index contributed by atoms with van der Waals surface area (Å²) in [6, 6.07) is 12.2. The predicted molar refractivity (Wildman–Crippen MR) is 93.8 cm³/mol. The number of urea groups is 1. The molecule has 2 rings (SSSR count). The van der Waals surface area contributed by atoms with Crippen LogP contribution in [-0.4, -0.2) is 25.2 Å². The molecule has 132 valence electrons. The van der Waals surface area contributed by atoms with Gasteiger partial charge in [-0.1, -0.05) is 18.2 Å². The molecule has 0 aliphatic heterocycles. The highest BCUT2D eigenvalue weighted by atomic mass is 19.1. The highest BCUT2D eigenvalue weighted by Gasteiger charge is 2.11. The summed E-state index contributed by atoms with van der Waals surface area (Å²) < 4.78 is 17.8. The fourth-order valence-corrected chi connectivity index (χ4v) is 1.99. The van der Waals surface area contributed by atoms with E-state index >= 15 is 0 Å². The molecule has 2 aromatic carbocycles. The van der Waals surface area contributed by atoms with Crippen molar-refractivity contribution in [1.29, 1.82) is 0 Å². The molecule has 1 unspecified atom stereocenters. The Kier molecular flexibility index (Phi) is 6.47.